The van der Waals surface area contributed by atoms with Gasteiger partial charge in [0, 0.05) is 30.7 Å². The number of fused-ring (bicyclic) bond motifs is 1. The van der Waals surface area contributed by atoms with Gasteiger partial charge in [0.1, 0.15) is 0 Å². The second-order valence-corrected chi connectivity index (χ2v) is 11.6. The van der Waals surface area contributed by atoms with Gasteiger partial charge in [-0.3, -0.25) is 0 Å². The van der Waals surface area contributed by atoms with E-state index < -0.39 is 19.9 Å². The molecule has 0 saturated carbocycles. The molecule has 0 bridgehead atoms. The van der Waals surface area contributed by atoms with E-state index in [1.807, 2.05) is 18.2 Å². The summed E-state index contributed by atoms with van der Waals surface area (Å²) in [6.45, 7) is 2.00. The van der Waals surface area contributed by atoms with Crippen LogP contribution in [0.2, 0.25) is 0 Å². The predicted octanol–water partition coefficient (Wildman–Crippen LogP) is 3.45. The molecule has 1 heterocycles. The van der Waals surface area contributed by atoms with E-state index in [1.165, 1.54) is 28.6 Å². The molecule has 30 heavy (non-hydrogen) atoms. The van der Waals surface area contributed by atoms with Gasteiger partial charge in [0.15, 0.2) is 0 Å². The maximum absolute atomic E-state index is 13.0. The Bertz CT molecular complexity index is 1270. The molecule has 3 aromatic rings. The predicted molar refractivity (Wildman–Crippen MR) is 122 cm³/mol. The molecular formula is C20H20BrClN2O4S2. The van der Waals surface area contributed by atoms with Gasteiger partial charge in [-0.25, -0.2) is 16.8 Å². The summed E-state index contributed by atoms with van der Waals surface area (Å²) < 4.78 is 53.9. The first-order valence-corrected chi connectivity index (χ1v) is 12.8. The van der Waals surface area contributed by atoms with Gasteiger partial charge in [-0.05, 0) is 59.3 Å². The van der Waals surface area contributed by atoms with Gasteiger partial charge in [0.2, 0.25) is 19.9 Å². The fraction of sp³-hybridized carbons (Fsp3) is 0.200. The molecular weight excluding hydrogens is 512 g/mol. The zero-order valence-corrected chi connectivity index (χ0v) is 19.8. The van der Waals surface area contributed by atoms with Crippen molar-refractivity contribution in [1.82, 2.24) is 9.62 Å². The summed E-state index contributed by atoms with van der Waals surface area (Å²) in [5.41, 5.74) is 0. The molecule has 4 rings (SSSR count). The fourth-order valence-corrected chi connectivity index (χ4v) is 6.44. The number of sulfone groups is 1. The van der Waals surface area contributed by atoms with Crippen LogP contribution in [-0.4, -0.2) is 47.3 Å². The first-order valence-electron chi connectivity index (χ1n) is 9.04. The molecule has 3 aromatic carbocycles. The third-order valence-electron chi connectivity index (χ3n) is 4.93. The van der Waals surface area contributed by atoms with Gasteiger partial charge in [-0.15, -0.1) is 12.4 Å². The highest BCUT2D eigenvalue weighted by molar-refractivity contribution is 9.10. The largest absolute Gasteiger partial charge is 0.314 e. The summed E-state index contributed by atoms with van der Waals surface area (Å²) in [6, 6.07) is 16.0. The number of piperazine rings is 1. The number of halogens is 2. The minimum atomic E-state index is -3.76. The van der Waals surface area contributed by atoms with Crippen molar-refractivity contribution in [3.8, 4) is 0 Å². The SMILES string of the molecule is Cl.O=S(=O)(c1ccc(S(=O)(=O)N2CCNCC2)cc1)c1ccc2cc(Br)ccc2c1. The van der Waals surface area contributed by atoms with E-state index in [0.717, 1.165) is 15.2 Å². The third-order valence-corrected chi connectivity index (χ3v) is 9.11. The number of hydrogen-bond donors (Lipinski definition) is 1. The highest BCUT2D eigenvalue weighted by atomic mass is 79.9. The van der Waals surface area contributed by atoms with Gasteiger partial charge in [-0.2, -0.15) is 4.31 Å². The van der Waals surface area contributed by atoms with Crippen molar-refractivity contribution < 1.29 is 16.8 Å². The van der Waals surface area contributed by atoms with E-state index in [-0.39, 0.29) is 27.1 Å². The van der Waals surface area contributed by atoms with Crippen LogP contribution in [0.25, 0.3) is 10.8 Å². The smallest absolute Gasteiger partial charge is 0.243 e. The Morgan fingerprint density at radius 1 is 0.733 bits per heavy atom. The molecule has 1 aliphatic heterocycles. The molecule has 1 fully saturated rings. The summed E-state index contributed by atoms with van der Waals surface area (Å²) in [6.07, 6.45) is 0. The van der Waals surface area contributed by atoms with Gasteiger partial charge in [-0.1, -0.05) is 28.1 Å². The maximum Gasteiger partial charge on any atom is 0.243 e. The number of sulfonamides is 1. The quantitative estimate of drug-likeness (QED) is 0.558. The van der Waals surface area contributed by atoms with Gasteiger partial charge >= 0.3 is 0 Å². The summed E-state index contributed by atoms with van der Waals surface area (Å²) in [5.74, 6) is 0. The zero-order chi connectivity index (χ0) is 20.6. The summed E-state index contributed by atoms with van der Waals surface area (Å²) in [7, 11) is -7.39. The van der Waals surface area contributed by atoms with Crippen molar-refractivity contribution in [3.05, 3.63) is 65.1 Å². The maximum atomic E-state index is 13.0. The lowest BCUT2D eigenvalue weighted by Gasteiger charge is -2.26. The molecule has 1 N–H and O–H groups in total. The second kappa shape index (κ2) is 8.94. The highest BCUT2D eigenvalue weighted by Gasteiger charge is 2.26. The van der Waals surface area contributed by atoms with E-state index in [2.05, 4.69) is 21.2 Å². The number of benzene rings is 3. The molecule has 0 aromatic heterocycles. The first kappa shape index (κ1) is 23.2. The molecule has 0 unspecified atom stereocenters. The van der Waals surface area contributed by atoms with Crippen molar-refractivity contribution in [2.24, 2.45) is 0 Å². The number of hydrogen-bond acceptors (Lipinski definition) is 5. The van der Waals surface area contributed by atoms with Gasteiger partial charge < -0.3 is 5.32 Å². The molecule has 1 aliphatic rings. The van der Waals surface area contributed by atoms with Crippen molar-refractivity contribution in [3.63, 3.8) is 0 Å². The Labute approximate surface area is 190 Å². The number of rotatable bonds is 4. The Kier molecular flexibility index (Phi) is 6.91. The summed E-state index contributed by atoms with van der Waals surface area (Å²) in [5, 5.41) is 4.85. The number of nitrogens with zero attached hydrogens (tertiary/aromatic N) is 1. The van der Waals surface area contributed by atoms with Crippen LogP contribution >= 0.6 is 28.3 Å². The standard InChI is InChI=1S/C20H19BrN2O4S2.ClH/c21-17-3-1-16-14-20(4-2-15(16)13-17)28(24,25)18-5-7-19(8-6-18)29(26,27)23-11-9-22-10-12-23;/h1-8,13-14,22H,9-12H2;1H. The zero-order valence-electron chi connectivity index (χ0n) is 15.8. The number of nitrogens with one attached hydrogen (secondary N) is 1. The Hall–Kier alpha value is -1.49. The van der Waals surface area contributed by atoms with Gasteiger partial charge in [0.05, 0.1) is 14.7 Å². The van der Waals surface area contributed by atoms with E-state index in [4.69, 9.17) is 0 Å². The lowest BCUT2D eigenvalue weighted by Crippen LogP contribution is -2.46. The average Bonchev–Trinajstić information content (AvgIpc) is 2.74. The molecule has 10 heteroatoms. The van der Waals surface area contributed by atoms with E-state index in [9.17, 15) is 16.8 Å². The Balaban J connectivity index is 0.00000256. The molecule has 160 valence electrons. The van der Waals surface area contributed by atoms with E-state index in [1.54, 1.807) is 18.2 Å². The Morgan fingerprint density at radius 2 is 1.27 bits per heavy atom. The molecule has 1 saturated heterocycles. The normalized spacial score (nSPS) is 15.6. The minimum Gasteiger partial charge on any atom is -0.314 e. The van der Waals surface area contributed by atoms with Crippen molar-refractivity contribution in [2.45, 2.75) is 14.7 Å². The Morgan fingerprint density at radius 3 is 1.93 bits per heavy atom. The van der Waals surface area contributed by atoms with Crippen molar-refractivity contribution in [1.29, 1.82) is 0 Å². The lowest BCUT2D eigenvalue weighted by atomic mass is 10.1. The molecule has 0 aliphatic carbocycles. The lowest BCUT2D eigenvalue weighted by molar-refractivity contribution is 0.360. The topological polar surface area (TPSA) is 83.5 Å². The van der Waals surface area contributed by atoms with Crippen LogP contribution in [0.1, 0.15) is 0 Å². The highest BCUT2D eigenvalue weighted by Crippen LogP contribution is 2.27. The third kappa shape index (κ3) is 4.42. The van der Waals surface area contributed by atoms with Crippen LogP contribution in [0.3, 0.4) is 0 Å². The van der Waals surface area contributed by atoms with E-state index >= 15 is 0 Å². The molecule has 6 nitrogen and oxygen atoms in total. The second-order valence-electron chi connectivity index (χ2n) is 6.78. The molecule has 0 amide bonds. The minimum absolute atomic E-state index is 0. The molecule has 0 spiro atoms. The summed E-state index contributed by atoms with van der Waals surface area (Å²) in [4.78, 5) is 0.333. The van der Waals surface area contributed by atoms with Crippen molar-refractivity contribution >= 4 is 59.0 Å². The average molecular weight is 532 g/mol. The summed E-state index contributed by atoms with van der Waals surface area (Å²) >= 11 is 3.40. The van der Waals surface area contributed by atoms with Crippen LogP contribution in [0.4, 0.5) is 0 Å². The van der Waals surface area contributed by atoms with Gasteiger partial charge in [0.25, 0.3) is 0 Å². The molecule has 0 atom stereocenters. The monoisotopic (exact) mass is 530 g/mol. The van der Waals surface area contributed by atoms with Crippen LogP contribution < -0.4 is 5.32 Å². The first-order chi connectivity index (χ1) is 13.8. The van der Waals surface area contributed by atoms with Crippen LogP contribution in [0.5, 0.6) is 0 Å². The van der Waals surface area contributed by atoms with Crippen LogP contribution in [0, 0.1) is 0 Å². The molecule has 0 radical (unpaired) electrons. The van der Waals surface area contributed by atoms with Crippen molar-refractivity contribution in [2.75, 3.05) is 26.2 Å². The van der Waals surface area contributed by atoms with E-state index in [0.29, 0.717) is 26.2 Å². The van der Waals surface area contributed by atoms with Crippen LogP contribution in [0.15, 0.2) is 79.8 Å². The fourth-order valence-electron chi connectivity index (χ4n) is 3.32. The van der Waals surface area contributed by atoms with Crippen LogP contribution in [-0.2, 0) is 19.9 Å².